The van der Waals surface area contributed by atoms with E-state index >= 15 is 0 Å². The minimum absolute atomic E-state index is 0.184. The fourth-order valence-electron chi connectivity index (χ4n) is 2.03. The first kappa shape index (κ1) is 16.0. The van der Waals surface area contributed by atoms with Crippen molar-refractivity contribution in [3.05, 3.63) is 29.3 Å². The van der Waals surface area contributed by atoms with Gasteiger partial charge in [-0.25, -0.2) is 4.79 Å². The van der Waals surface area contributed by atoms with Gasteiger partial charge >= 0.3 is 6.03 Å². The van der Waals surface area contributed by atoms with Gasteiger partial charge in [-0.2, -0.15) is 11.8 Å². The highest BCUT2D eigenvalue weighted by atomic mass is 35.5. The predicted molar refractivity (Wildman–Crippen MR) is 84.0 cm³/mol. The van der Waals surface area contributed by atoms with Crippen molar-refractivity contribution < 1.29 is 14.3 Å². The van der Waals surface area contributed by atoms with Gasteiger partial charge < -0.3 is 10.1 Å². The number of urea groups is 1. The Balaban J connectivity index is 1.84. The Morgan fingerprint density at radius 1 is 1.38 bits per heavy atom. The average molecular weight is 329 g/mol. The van der Waals surface area contributed by atoms with Crippen molar-refractivity contribution in [2.24, 2.45) is 0 Å². The second kappa shape index (κ2) is 7.56. The van der Waals surface area contributed by atoms with E-state index in [-0.39, 0.29) is 25.1 Å². The number of amides is 3. The highest BCUT2D eigenvalue weighted by molar-refractivity contribution is 7.98. The van der Waals surface area contributed by atoms with Crippen molar-refractivity contribution in [3.8, 4) is 5.75 Å². The maximum Gasteiger partial charge on any atom is 0.324 e. The molecule has 114 valence electrons. The lowest BCUT2D eigenvalue weighted by Crippen LogP contribution is -2.35. The molecule has 1 aromatic carbocycles. The number of halogens is 1. The Morgan fingerprint density at radius 2 is 2.14 bits per heavy atom. The number of thioether (sulfide) groups is 1. The van der Waals surface area contributed by atoms with E-state index in [2.05, 4.69) is 5.32 Å². The highest BCUT2D eigenvalue weighted by Gasteiger charge is 2.37. The fraction of sp³-hybridized carbons (Fsp3) is 0.429. The first-order valence-electron chi connectivity index (χ1n) is 6.61. The van der Waals surface area contributed by atoms with Gasteiger partial charge in [0, 0.05) is 0 Å². The van der Waals surface area contributed by atoms with Gasteiger partial charge in [0.25, 0.3) is 5.91 Å². The number of carbonyl (C=O) groups is 2. The minimum Gasteiger partial charge on any atom is -0.490 e. The third kappa shape index (κ3) is 4.04. The summed E-state index contributed by atoms with van der Waals surface area (Å²) >= 11 is 7.62. The van der Waals surface area contributed by atoms with Gasteiger partial charge in [0.1, 0.15) is 18.4 Å². The summed E-state index contributed by atoms with van der Waals surface area (Å²) in [6.07, 6.45) is 2.62. The molecule has 1 fully saturated rings. The van der Waals surface area contributed by atoms with Crippen LogP contribution in [0.4, 0.5) is 4.79 Å². The Morgan fingerprint density at radius 3 is 2.86 bits per heavy atom. The standard InChI is InChI=1S/C14H17ClN2O3S/c1-21-9-6-11-13(18)17(14(19)16-11)7-8-20-12-5-3-2-4-10(12)15/h2-5,11H,6-9H2,1H3,(H,16,19). The van der Waals surface area contributed by atoms with Gasteiger partial charge in [0.2, 0.25) is 0 Å². The molecule has 1 aliphatic rings. The number of nitrogens with one attached hydrogen (secondary N) is 1. The van der Waals surface area contributed by atoms with E-state index in [0.29, 0.717) is 17.2 Å². The number of para-hydroxylation sites is 1. The van der Waals surface area contributed by atoms with E-state index in [0.717, 1.165) is 5.75 Å². The summed E-state index contributed by atoms with van der Waals surface area (Å²) in [5, 5.41) is 3.20. The number of hydrogen-bond donors (Lipinski definition) is 1. The molecule has 1 N–H and O–H groups in total. The van der Waals surface area contributed by atoms with E-state index in [1.165, 1.54) is 4.90 Å². The summed E-state index contributed by atoms with van der Waals surface area (Å²) in [5.41, 5.74) is 0. The Kier molecular flexibility index (Phi) is 5.76. The number of rotatable bonds is 7. The van der Waals surface area contributed by atoms with Crippen molar-refractivity contribution in [2.75, 3.05) is 25.2 Å². The molecule has 0 bridgehead atoms. The topological polar surface area (TPSA) is 58.6 Å². The van der Waals surface area contributed by atoms with Crippen LogP contribution < -0.4 is 10.1 Å². The van der Waals surface area contributed by atoms with Crippen LogP contribution in [0.15, 0.2) is 24.3 Å². The van der Waals surface area contributed by atoms with Crippen molar-refractivity contribution in [1.29, 1.82) is 0 Å². The molecule has 2 rings (SSSR count). The number of benzene rings is 1. The molecule has 0 spiro atoms. The number of hydrogen-bond acceptors (Lipinski definition) is 4. The van der Waals surface area contributed by atoms with E-state index in [4.69, 9.17) is 16.3 Å². The van der Waals surface area contributed by atoms with Crippen molar-refractivity contribution in [1.82, 2.24) is 10.2 Å². The van der Waals surface area contributed by atoms with Gasteiger partial charge in [0.05, 0.1) is 11.6 Å². The number of ether oxygens (including phenoxy) is 1. The second-order valence-corrected chi connectivity index (χ2v) is 5.95. The Bertz CT molecular complexity index is 527. The summed E-state index contributed by atoms with van der Waals surface area (Å²) in [6, 6.07) is 6.33. The zero-order valence-electron chi connectivity index (χ0n) is 11.7. The monoisotopic (exact) mass is 328 g/mol. The van der Waals surface area contributed by atoms with Crippen LogP contribution in [0.25, 0.3) is 0 Å². The number of carbonyl (C=O) groups excluding carboxylic acids is 2. The van der Waals surface area contributed by atoms with Gasteiger partial charge in [-0.1, -0.05) is 23.7 Å². The van der Waals surface area contributed by atoms with Gasteiger partial charge in [-0.05, 0) is 30.6 Å². The van der Waals surface area contributed by atoms with Gasteiger partial charge in [0.15, 0.2) is 0 Å². The number of nitrogens with zero attached hydrogens (tertiary/aromatic N) is 1. The normalized spacial score (nSPS) is 18.0. The van der Waals surface area contributed by atoms with Crippen LogP contribution >= 0.6 is 23.4 Å². The summed E-state index contributed by atoms with van der Waals surface area (Å²) in [5.74, 6) is 1.20. The summed E-state index contributed by atoms with van der Waals surface area (Å²) in [7, 11) is 0. The van der Waals surface area contributed by atoms with Crippen molar-refractivity contribution >= 4 is 35.3 Å². The summed E-state index contributed by atoms with van der Waals surface area (Å²) in [4.78, 5) is 25.1. The van der Waals surface area contributed by atoms with Crippen LogP contribution in [0.1, 0.15) is 6.42 Å². The second-order valence-electron chi connectivity index (χ2n) is 4.55. The Labute approximate surface area is 133 Å². The average Bonchev–Trinajstić information content (AvgIpc) is 2.74. The quantitative estimate of drug-likeness (QED) is 0.781. The molecule has 1 heterocycles. The minimum atomic E-state index is -0.412. The zero-order valence-corrected chi connectivity index (χ0v) is 13.2. The molecule has 21 heavy (non-hydrogen) atoms. The Hall–Kier alpha value is -1.40. The van der Waals surface area contributed by atoms with E-state index in [1.807, 2.05) is 18.4 Å². The van der Waals surface area contributed by atoms with Gasteiger partial charge in [-0.3, -0.25) is 9.69 Å². The first-order chi connectivity index (χ1) is 10.1. The van der Waals surface area contributed by atoms with Crippen LogP contribution in [0.2, 0.25) is 5.02 Å². The summed E-state index contributed by atoms with van der Waals surface area (Å²) < 4.78 is 5.50. The molecule has 0 aromatic heterocycles. The lowest BCUT2D eigenvalue weighted by Gasteiger charge is -2.14. The molecule has 0 aliphatic carbocycles. The van der Waals surface area contributed by atoms with Crippen LogP contribution in [-0.2, 0) is 4.79 Å². The van der Waals surface area contributed by atoms with Gasteiger partial charge in [-0.15, -0.1) is 0 Å². The molecule has 1 unspecified atom stereocenters. The van der Waals surface area contributed by atoms with Crippen LogP contribution in [-0.4, -0.2) is 48.0 Å². The molecular weight excluding hydrogens is 312 g/mol. The van der Waals surface area contributed by atoms with E-state index < -0.39 is 6.04 Å². The van der Waals surface area contributed by atoms with E-state index in [9.17, 15) is 9.59 Å². The van der Waals surface area contributed by atoms with Crippen LogP contribution in [0.5, 0.6) is 5.75 Å². The third-order valence-electron chi connectivity index (χ3n) is 3.13. The van der Waals surface area contributed by atoms with Crippen LogP contribution in [0.3, 0.4) is 0 Å². The first-order valence-corrected chi connectivity index (χ1v) is 8.39. The third-order valence-corrected chi connectivity index (χ3v) is 4.08. The molecule has 1 aromatic rings. The molecule has 5 nitrogen and oxygen atoms in total. The molecule has 0 radical (unpaired) electrons. The van der Waals surface area contributed by atoms with Crippen molar-refractivity contribution in [2.45, 2.75) is 12.5 Å². The molecule has 3 amide bonds. The number of imide groups is 1. The maximum atomic E-state index is 12.1. The molecule has 1 saturated heterocycles. The maximum absolute atomic E-state index is 12.1. The lowest BCUT2D eigenvalue weighted by atomic mass is 10.2. The molecule has 1 aliphatic heterocycles. The zero-order chi connectivity index (χ0) is 15.2. The fourth-order valence-corrected chi connectivity index (χ4v) is 2.69. The molecule has 1 atom stereocenters. The smallest absolute Gasteiger partial charge is 0.324 e. The molecular formula is C14H17ClN2O3S. The predicted octanol–water partition coefficient (Wildman–Crippen LogP) is 2.39. The SMILES string of the molecule is CSCCC1NC(=O)N(CCOc2ccccc2Cl)C1=O. The van der Waals surface area contributed by atoms with Crippen LogP contribution in [0, 0.1) is 0 Å². The molecule has 0 saturated carbocycles. The van der Waals surface area contributed by atoms with E-state index in [1.54, 1.807) is 23.9 Å². The highest BCUT2D eigenvalue weighted by Crippen LogP contribution is 2.23. The summed E-state index contributed by atoms with van der Waals surface area (Å²) in [6.45, 7) is 0.434. The lowest BCUT2D eigenvalue weighted by molar-refractivity contribution is -0.127. The van der Waals surface area contributed by atoms with Crippen molar-refractivity contribution in [3.63, 3.8) is 0 Å². The molecule has 7 heteroatoms. The largest absolute Gasteiger partial charge is 0.490 e.